The number of nitrogens with one attached hydrogen (secondary N) is 2. The Morgan fingerprint density at radius 3 is 0.701 bits per heavy atom. The van der Waals surface area contributed by atoms with Gasteiger partial charge in [-0.05, 0) is 228 Å². The summed E-state index contributed by atoms with van der Waals surface area (Å²) in [7, 11) is 0. The molecular formula is C76H87Br7N4. The summed E-state index contributed by atoms with van der Waals surface area (Å²) in [5.74, 6) is 0. The average Bonchev–Trinajstić information content (AvgIpc) is 1.72. The van der Waals surface area contributed by atoms with E-state index in [1.165, 1.54) is 44.5 Å². The number of H-pyrrole nitrogens is 2. The number of hydrogen-bond donors (Lipinski definition) is 2. The molecule has 8 bridgehead atoms. The van der Waals surface area contributed by atoms with E-state index in [0.717, 1.165) is 121 Å². The number of rotatable bonds is 4. The molecule has 4 nitrogen and oxygen atoms in total. The molecule has 3 aromatic heterocycles. The van der Waals surface area contributed by atoms with Crippen molar-refractivity contribution >= 4 is 153 Å². The van der Waals surface area contributed by atoms with E-state index in [4.69, 9.17) is 9.97 Å². The summed E-state index contributed by atoms with van der Waals surface area (Å²) in [5, 5.41) is 0. The monoisotopic (exact) mass is 1610 g/mol. The van der Waals surface area contributed by atoms with Gasteiger partial charge in [-0.2, -0.15) is 0 Å². The van der Waals surface area contributed by atoms with Crippen molar-refractivity contribution in [3.05, 3.63) is 158 Å². The molecule has 4 aromatic carbocycles. The van der Waals surface area contributed by atoms with Gasteiger partial charge in [0.2, 0.25) is 0 Å². The topological polar surface area (TPSA) is 57.4 Å². The third-order valence-corrected chi connectivity index (χ3v) is 24.0. The Kier molecular flexibility index (Phi) is 18.1. The van der Waals surface area contributed by atoms with Gasteiger partial charge in [0.1, 0.15) is 0 Å². The van der Waals surface area contributed by atoms with Crippen LogP contribution in [0.3, 0.4) is 0 Å². The van der Waals surface area contributed by atoms with Crippen molar-refractivity contribution in [1.82, 2.24) is 19.9 Å². The molecule has 0 saturated heterocycles. The normalized spacial score (nSPS) is 14.2. The van der Waals surface area contributed by atoms with Crippen molar-refractivity contribution in [2.24, 2.45) is 0 Å². The summed E-state index contributed by atoms with van der Waals surface area (Å²) in [6, 6.07) is 28.6. The second-order valence-corrected chi connectivity index (χ2v) is 38.1. The molecular weight excluding hydrogens is 1530 g/mol. The minimum atomic E-state index is -0.180. The van der Waals surface area contributed by atoms with Crippen molar-refractivity contribution in [3.63, 3.8) is 0 Å². The second kappa shape index (κ2) is 23.1. The number of aromatic amines is 2. The third kappa shape index (κ3) is 13.4. The zero-order valence-electron chi connectivity index (χ0n) is 55.5. The number of fused-ring (bicyclic) bond motifs is 8. The molecule has 0 saturated carbocycles. The van der Waals surface area contributed by atoms with Crippen molar-refractivity contribution in [1.29, 1.82) is 0 Å². The molecule has 5 heterocycles. The lowest BCUT2D eigenvalue weighted by atomic mass is 9.78. The highest BCUT2D eigenvalue weighted by atomic mass is 79.9. The minimum Gasteiger partial charge on any atom is -0.352 e. The molecule has 0 radical (unpaired) electrons. The van der Waals surface area contributed by atoms with E-state index < -0.39 is 0 Å². The fraction of sp³-hybridized carbons (Fsp3) is 0.421. The van der Waals surface area contributed by atoms with Gasteiger partial charge >= 0.3 is 0 Å². The van der Waals surface area contributed by atoms with E-state index in [9.17, 15) is 0 Å². The fourth-order valence-corrected chi connectivity index (χ4v) is 14.7. The summed E-state index contributed by atoms with van der Waals surface area (Å²) in [4.78, 5) is 20.4. The van der Waals surface area contributed by atoms with Crippen LogP contribution < -0.4 is 0 Å². The molecule has 9 rings (SSSR count). The third-order valence-electron chi connectivity index (χ3n) is 17.1. The Hall–Kier alpha value is -3.16. The number of nitrogens with zero attached hydrogens (tertiary/aromatic N) is 2. The van der Waals surface area contributed by atoms with Crippen molar-refractivity contribution < 1.29 is 0 Å². The predicted molar refractivity (Wildman–Crippen MR) is 405 cm³/mol. The Bertz CT molecular complexity index is 4110. The first-order valence-corrected chi connectivity index (χ1v) is 35.8. The zero-order chi connectivity index (χ0) is 64.9. The molecule has 460 valence electrons. The van der Waals surface area contributed by atoms with Crippen LogP contribution in [-0.4, -0.2) is 19.9 Å². The van der Waals surface area contributed by atoms with Gasteiger partial charge in [-0.3, -0.25) is 0 Å². The van der Waals surface area contributed by atoms with Crippen LogP contribution in [0.15, 0.2) is 90.7 Å². The van der Waals surface area contributed by atoms with E-state index in [1.807, 2.05) is 0 Å². The zero-order valence-corrected chi connectivity index (χ0v) is 66.6. The van der Waals surface area contributed by atoms with Crippen LogP contribution >= 0.6 is 112 Å². The maximum Gasteiger partial charge on any atom is 0.0891 e. The maximum atomic E-state index is 6.05. The first-order valence-electron chi connectivity index (χ1n) is 30.2. The van der Waals surface area contributed by atoms with Crippen LogP contribution in [0.2, 0.25) is 0 Å². The van der Waals surface area contributed by atoms with Gasteiger partial charge in [-0.15, -0.1) is 0 Å². The van der Waals surface area contributed by atoms with E-state index in [-0.39, 0.29) is 43.3 Å². The predicted octanol–water partition coefficient (Wildman–Crippen LogP) is 26.9. The molecule has 2 aliphatic heterocycles. The molecule has 2 N–H and O–H groups in total. The van der Waals surface area contributed by atoms with Crippen LogP contribution in [0.25, 0.3) is 86.1 Å². The first kappa shape index (κ1) is 68.2. The highest BCUT2D eigenvalue weighted by Gasteiger charge is 2.34. The van der Waals surface area contributed by atoms with Crippen molar-refractivity contribution in [2.75, 3.05) is 0 Å². The minimum absolute atomic E-state index is 0.170. The summed E-state index contributed by atoms with van der Waals surface area (Å²) in [5.41, 5.74) is 23.1. The lowest BCUT2D eigenvalue weighted by Gasteiger charge is -2.26. The van der Waals surface area contributed by atoms with E-state index in [2.05, 4.69) is 367 Å². The van der Waals surface area contributed by atoms with E-state index in [0.29, 0.717) is 0 Å². The fourth-order valence-electron chi connectivity index (χ4n) is 11.2. The molecule has 7 aromatic rings. The molecule has 2 aliphatic rings. The number of benzene rings is 4. The van der Waals surface area contributed by atoms with Crippen LogP contribution in [0.5, 0.6) is 0 Å². The smallest absolute Gasteiger partial charge is 0.0891 e. The van der Waals surface area contributed by atoms with Gasteiger partial charge in [-0.25, -0.2) is 9.97 Å². The Balaban J connectivity index is 1.69. The largest absolute Gasteiger partial charge is 0.352 e. The van der Waals surface area contributed by atoms with Gasteiger partial charge < -0.3 is 9.97 Å². The van der Waals surface area contributed by atoms with Gasteiger partial charge in [0.05, 0.1) is 71.7 Å². The number of halogens is 7. The lowest BCUT2D eigenvalue weighted by molar-refractivity contribution is 0.568. The summed E-state index contributed by atoms with van der Waals surface area (Å²) < 4.78 is 6.00. The maximum absolute atomic E-state index is 6.05. The standard InChI is InChI=1S/C76H87Br7N4/c1-69(2,3)42-25-38(26-43(33-42)70(4,5)6)52-51-37-50(77)62(84-51)53(39-27-44(71(7,8)9)34-45(28-39)72(10,11)12)64-58(80)59(81)66(86-64)55(41-31-48(75(19,20)21)36-49(32-41)76(22,23)24)68-61(83)60(82)67(87-68)54(65-57(79)56(78)63(52)85-65)40-29-46(73(13,14)15)35-47(30-40)74(16,17)18/h25-37,85-86H,1-24H3. The molecule has 11 heteroatoms. The molecule has 0 aliphatic carbocycles. The lowest BCUT2D eigenvalue weighted by Crippen LogP contribution is -2.16. The Morgan fingerprint density at radius 1 is 0.264 bits per heavy atom. The Morgan fingerprint density at radius 2 is 0.471 bits per heavy atom. The summed E-state index contributed by atoms with van der Waals surface area (Å²) in [6.07, 6.45) is 2.23. The average molecular weight is 1620 g/mol. The highest BCUT2D eigenvalue weighted by molar-refractivity contribution is 9.18. The highest BCUT2D eigenvalue weighted by Crippen LogP contribution is 2.54. The van der Waals surface area contributed by atoms with E-state index >= 15 is 0 Å². The van der Waals surface area contributed by atoms with Crippen molar-refractivity contribution in [2.45, 2.75) is 209 Å². The SMILES string of the molecule is CC(C)(C)c1cc(-c2c3nc(c(-c4cc(C(C)(C)C)cc(C(C)(C)C)c4)c4[nH]c(c(Br)c4Br)c(-c4cc(C(C)(C)C)cc(C(C)(C)C)c4)c4nc(c(-c5cc(C(C)(C)C)cc(C(C)(C)C)c5)c5[nH]c2c(Br)c5Br)C(Br)=C4Br)C(Br)=C3)cc(C(C)(C)C)c1. The molecule has 0 amide bonds. The van der Waals surface area contributed by atoms with Gasteiger partial charge in [0, 0.05) is 26.7 Å². The molecule has 0 unspecified atom stereocenters. The number of hydrogen-bond acceptors (Lipinski definition) is 2. The first-order chi connectivity index (χ1) is 39.6. The molecule has 0 spiro atoms. The Labute approximate surface area is 579 Å². The second-order valence-electron chi connectivity index (χ2n) is 32.5. The molecule has 0 fully saturated rings. The van der Waals surface area contributed by atoms with E-state index in [1.54, 1.807) is 0 Å². The van der Waals surface area contributed by atoms with Crippen LogP contribution in [0.4, 0.5) is 0 Å². The summed E-state index contributed by atoms with van der Waals surface area (Å²) in [6.45, 7) is 55.3. The number of aromatic nitrogens is 4. The van der Waals surface area contributed by atoms with Crippen LogP contribution in [0, 0.1) is 0 Å². The van der Waals surface area contributed by atoms with Crippen LogP contribution in [0.1, 0.15) is 233 Å². The van der Waals surface area contributed by atoms with Gasteiger partial charge in [0.15, 0.2) is 0 Å². The van der Waals surface area contributed by atoms with Gasteiger partial charge in [-0.1, -0.05) is 239 Å². The van der Waals surface area contributed by atoms with Crippen LogP contribution in [-0.2, 0) is 43.3 Å². The quantitative estimate of drug-likeness (QED) is 0.185. The van der Waals surface area contributed by atoms with Gasteiger partial charge in [0.25, 0.3) is 0 Å². The molecule has 0 atom stereocenters. The summed E-state index contributed by atoms with van der Waals surface area (Å²) >= 11 is 30.2. The molecule has 87 heavy (non-hydrogen) atoms. The van der Waals surface area contributed by atoms with Crippen molar-refractivity contribution in [3.8, 4) is 44.5 Å².